The van der Waals surface area contributed by atoms with Crippen LogP contribution in [-0.4, -0.2) is 23.4 Å². The van der Waals surface area contributed by atoms with E-state index in [-0.39, 0.29) is 5.69 Å². The Hall–Kier alpha value is -3.03. The van der Waals surface area contributed by atoms with Gasteiger partial charge in [-0.2, -0.15) is 9.64 Å². The summed E-state index contributed by atoms with van der Waals surface area (Å²) in [6.07, 6.45) is 0.952. The molecule has 24 heavy (non-hydrogen) atoms. The number of quaternary nitrogens is 1. The molecule has 1 heterocycles. The minimum Gasteiger partial charge on any atom is -0.612 e. The van der Waals surface area contributed by atoms with Crippen LogP contribution in [0.4, 0.5) is 16.2 Å². The lowest BCUT2D eigenvalue weighted by Crippen LogP contribution is -2.53. The second-order valence-electron chi connectivity index (χ2n) is 5.52. The second kappa shape index (κ2) is 5.88. The maximum Gasteiger partial charge on any atom is 0.428 e. The number of amides is 2. The number of carboxylic acids is 1. The molecule has 2 atom stereocenters. The largest absolute Gasteiger partial charge is 0.612 e. The number of aryl methyl sites for hydroxylation is 1. The van der Waals surface area contributed by atoms with Gasteiger partial charge in [0.1, 0.15) is 5.69 Å². The van der Waals surface area contributed by atoms with Gasteiger partial charge in [0.2, 0.25) is 6.34 Å². The molecule has 0 aliphatic carbocycles. The van der Waals surface area contributed by atoms with Crippen LogP contribution in [0.2, 0.25) is 0 Å². The number of hydrogen-bond acceptors (Lipinski definition) is 4. The number of hydroxylamine groups is 2. The molecule has 0 radical (unpaired) electrons. The molecule has 7 nitrogen and oxygen atoms in total. The van der Waals surface area contributed by atoms with Crippen molar-refractivity contribution in [3.63, 3.8) is 0 Å². The second-order valence-corrected chi connectivity index (χ2v) is 5.52. The van der Waals surface area contributed by atoms with E-state index in [2.05, 4.69) is 10.3 Å². The average molecular weight is 325 g/mol. The van der Waals surface area contributed by atoms with Crippen molar-refractivity contribution in [2.75, 3.05) is 0 Å². The Balaban J connectivity index is 1.89. The number of aliphatic carboxylic acids is 1. The first kappa shape index (κ1) is 15.9. The number of nitrogens with one attached hydrogen (secondary N) is 1. The van der Waals surface area contributed by atoms with E-state index in [4.69, 9.17) is 0 Å². The third kappa shape index (κ3) is 2.66. The van der Waals surface area contributed by atoms with E-state index in [9.17, 15) is 19.9 Å². The van der Waals surface area contributed by atoms with Crippen molar-refractivity contribution >= 4 is 29.7 Å². The van der Waals surface area contributed by atoms with Gasteiger partial charge in [0.15, 0.2) is 11.7 Å². The molecular formula is C17H15N3O4. The quantitative estimate of drug-likeness (QED) is 0.669. The Kier molecular flexibility index (Phi) is 3.88. The Bertz CT molecular complexity index is 832. The number of rotatable bonds is 3. The maximum absolute atomic E-state index is 12.9. The highest BCUT2D eigenvalue weighted by molar-refractivity contribution is 6.08. The SMILES string of the molecule is Cc1ccc(C(NC(=O)[N+]2([O-])C=Nc3ccccc32)C(=O)O)cc1. The molecule has 2 aromatic carbocycles. The van der Waals surface area contributed by atoms with Crippen LogP contribution in [0.25, 0.3) is 0 Å². The van der Waals surface area contributed by atoms with Crippen LogP contribution >= 0.6 is 0 Å². The van der Waals surface area contributed by atoms with Gasteiger partial charge in [-0.25, -0.2) is 9.59 Å². The smallest absolute Gasteiger partial charge is 0.428 e. The molecule has 2 unspecified atom stereocenters. The minimum atomic E-state index is -1.47. The fourth-order valence-corrected chi connectivity index (χ4v) is 2.49. The van der Waals surface area contributed by atoms with Crippen LogP contribution in [0.3, 0.4) is 0 Å². The molecule has 0 bridgehead atoms. The molecule has 0 saturated carbocycles. The van der Waals surface area contributed by atoms with Gasteiger partial charge in [0.25, 0.3) is 0 Å². The highest BCUT2D eigenvalue weighted by Gasteiger charge is 2.38. The zero-order chi connectivity index (χ0) is 17.3. The lowest BCUT2D eigenvalue weighted by molar-refractivity contribution is -0.139. The van der Waals surface area contributed by atoms with E-state index in [1.165, 1.54) is 6.07 Å². The predicted octanol–water partition coefficient (Wildman–Crippen LogP) is 3.01. The number of aliphatic imine (C=N–C) groups is 1. The monoisotopic (exact) mass is 325 g/mol. The number of carbonyl (C=O) groups is 2. The van der Waals surface area contributed by atoms with Crippen molar-refractivity contribution in [1.82, 2.24) is 9.96 Å². The molecule has 2 N–H and O–H groups in total. The number of fused-ring (bicyclic) bond motifs is 1. The Morgan fingerprint density at radius 3 is 2.50 bits per heavy atom. The molecule has 3 rings (SSSR count). The van der Waals surface area contributed by atoms with Gasteiger partial charge in [-0.05, 0) is 18.6 Å². The van der Waals surface area contributed by atoms with E-state index in [1.54, 1.807) is 42.5 Å². The normalized spacial score (nSPS) is 19.6. The lowest BCUT2D eigenvalue weighted by atomic mass is 10.1. The summed E-state index contributed by atoms with van der Waals surface area (Å²) in [6.45, 7) is 1.87. The van der Waals surface area contributed by atoms with Crippen molar-refractivity contribution in [2.45, 2.75) is 13.0 Å². The highest BCUT2D eigenvalue weighted by Crippen LogP contribution is 2.37. The summed E-state index contributed by atoms with van der Waals surface area (Å²) in [4.78, 5) is 27.9. The van der Waals surface area contributed by atoms with E-state index < -0.39 is 22.7 Å². The average Bonchev–Trinajstić information content (AvgIpc) is 2.92. The molecule has 122 valence electrons. The topological polar surface area (TPSA) is 102 Å². The van der Waals surface area contributed by atoms with Gasteiger partial charge in [-0.15, -0.1) is 0 Å². The van der Waals surface area contributed by atoms with Crippen LogP contribution < -0.4 is 9.96 Å². The van der Waals surface area contributed by atoms with Crippen LogP contribution in [0.1, 0.15) is 17.2 Å². The van der Waals surface area contributed by atoms with Crippen LogP contribution in [0.15, 0.2) is 53.5 Å². The lowest BCUT2D eigenvalue weighted by Gasteiger charge is -2.32. The van der Waals surface area contributed by atoms with Gasteiger partial charge in [0.05, 0.1) is 0 Å². The number of carboxylic acid groups (broad SMARTS) is 1. The predicted molar refractivity (Wildman–Crippen MR) is 89.8 cm³/mol. The molecule has 0 aromatic heterocycles. The Labute approximate surface area is 138 Å². The summed E-state index contributed by atoms with van der Waals surface area (Å²) in [6, 6.07) is 10.8. The first-order valence-corrected chi connectivity index (χ1v) is 7.27. The summed E-state index contributed by atoms with van der Waals surface area (Å²) in [5, 5.41) is 24.6. The molecule has 1 aliphatic rings. The summed E-state index contributed by atoms with van der Waals surface area (Å²) >= 11 is 0. The van der Waals surface area contributed by atoms with E-state index >= 15 is 0 Å². The van der Waals surface area contributed by atoms with E-state index in [1.807, 2.05) is 6.92 Å². The van der Waals surface area contributed by atoms with Crippen molar-refractivity contribution < 1.29 is 14.7 Å². The number of urea groups is 1. The standard InChI is InChI=1S/C17H15N3O4/c1-11-6-8-12(9-7-11)15(16(21)22)19-17(23)20(24)10-18-13-4-2-3-5-14(13)20/h2-10,15H,1H3,(H,19,23)(H,21,22). The zero-order valence-corrected chi connectivity index (χ0v) is 12.8. The summed E-state index contributed by atoms with van der Waals surface area (Å²) in [5.41, 5.74) is 1.90. The van der Waals surface area contributed by atoms with Gasteiger partial charge < -0.3 is 10.3 Å². The number of carbonyl (C=O) groups excluding carboxylic acids is 1. The van der Waals surface area contributed by atoms with Gasteiger partial charge in [-0.3, -0.25) is 5.32 Å². The number of hydrogen-bond donors (Lipinski definition) is 2. The third-order valence-electron chi connectivity index (χ3n) is 3.83. The molecular weight excluding hydrogens is 310 g/mol. The van der Waals surface area contributed by atoms with Gasteiger partial charge >= 0.3 is 12.0 Å². The Morgan fingerprint density at radius 1 is 1.17 bits per heavy atom. The Morgan fingerprint density at radius 2 is 1.83 bits per heavy atom. The highest BCUT2D eigenvalue weighted by atomic mass is 16.6. The third-order valence-corrected chi connectivity index (χ3v) is 3.83. The van der Waals surface area contributed by atoms with Crippen molar-refractivity contribution in [1.29, 1.82) is 0 Å². The van der Waals surface area contributed by atoms with Gasteiger partial charge in [0, 0.05) is 6.07 Å². The fourth-order valence-electron chi connectivity index (χ4n) is 2.49. The molecule has 2 amide bonds. The minimum absolute atomic E-state index is 0.156. The molecule has 0 saturated heterocycles. The number of nitrogens with zero attached hydrogens (tertiary/aromatic N) is 2. The van der Waals surface area contributed by atoms with Crippen LogP contribution in [0.5, 0.6) is 0 Å². The molecule has 2 aromatic rings. The fraction of sp³-hybridized carbons (Fsp3) is 0.118. The van der Waals surface area contributed by atoms with Crippen molar-refractivity contribution in [3.8, 4) is 0 Å². The molecule has 1 aliphatic heterocycles. The molecule has 0 fully saturated rings. The van der Waals surface area contributed by atoms with Crippen LogP contribution in [-0.2, 0) is 4.79 Å². The van der Waals surface area contributed by atoms with Crippen LogP contribution in [0, 0.1) is 12.1 Å². The van der Waals surface area contributed by atoms with Crippen molar-refractivity contribution in [2.24, 2.45) is 4.99 Å². The van der Waals surface area contributed by atoms with E-state index in [0.717, 1.165) is 11.9 Å². The summed E-state index contributed by atoms with van der Waals surface area (Å²) < 4.78 is -1.47. The molecule has 0 spiro atoms. The van der Waals surface area contributed by atoms with Gasteiger partial charge in [-0.1, -0.05) is 42.0 Å². The molecule has 7 heteroatoms. The number of benzene rings is 2. The van der Waals surface area contributed by atoms with E-state index in [0.29, 0.717) is 11.3 Å². The summed E-state index contributed by atoms with van der Waals surface area (Å²) in [7, 11) is 0. The summed E-state index contributed by atoms with van der Waals surface area (Å²) in [5.74, 6) is -1.25. The van der Waals surface area contributed by atoms with Crippen molar-refractivity contribution in [3.05, 3.63) is 64.9 Å². The zero-order valence-electron chi connectivity index (χ0n) is 12.8. The maximum atomic E-state index is 12.9. The first-order valence-electron chi connectivity index (χ1n) is 7.27. The first-order chi connectivity index (χ1) is 11.4. The number of para-hydroxylation sites is 2.